The van der Waals surface area contributed by atoms with Crippen LogP contribution >= 0.6 is 0 Å². The van der Waals surface area contributed by atoms with Crippen LogP contribution in [0.2, 0.25) is 0 Å². The Kier molecular flexibility index (Phi) is 3.80. The maximum absolute atomic E-state index is 13.3. The molecule has 2 nitrogen and oxygen atoms in total. The molecule has 1 aliphatic rings. The van der Waals surface area contributed by atoms with Gasteiger partial charge in [0.2, 0.25) is 0 Å². The molecule has 134 valence electrons. The smallest absolute Gasteiger partial charge is 0.185 e. The van der Waals surface area contributed by atoms with Gasteiger partial charge in [-0.3, -0.25) is 0 Å². The lowest BCUT2D eigenvalue weighted by Crippen LogP contribution is -2.19. The molecule has 0 saturated heterocycles. The molecule has 0 spiro atoms. The van der Waals surface area contributed by atoms with E-state index in [2.05, 4.69) is 48.5 Å². The van der Waals surface area contributed by atoms with Crippen LogP contribution in [0.15, 0.2) is 83.8 Å². The second-order valence-electron chi connectivity index (χ2n) is 7.25. The van der Waals surface area contributed by atoms with E-state index in [1.54, 1.807) is 24.3 Å². The molecular weight excluding hydrogens is 352 g/mol. The first-order valence-electron chi connectivity index (χ1n) is 9.38. The summed E-state index contributed by atoms with van der Waals surface area (Å²) in [5.74, 6) is 0. The predicted molar refractivity (Wildman–Crippen MR) is 111 cm³/mol. The van der Waals surface area contributed by atoms with Gasteiger partial charge in [-0.05, 0) is 64.1 Å². The van der Waals surface area contributed by atoms with Crippen LogP contribution in [-0.4, -0.2) is 8.42 Å². The second-order valence-corrected chi connectivity index (χ2v) is 9.38. The third-order valence-electron chi connectivity index (χ3n) is 5.76. The molecule has 0 radical (unpaired) electrons. The Hall–Kier alpha value is -2.65. The van der Waals surface area contributed by atoms with E-state index in [-0.39, 0.29) is 0 Å². The number of rotatable bonds is 2. The van der Waals surface area contributed by atoms with Crippen LogP contribution in [-0.2, 0) is 16.3 Å². The van der Waals surface area contributed by atoms with Gasteiger partial charge in [-0.25, -0.2) is 8.42 Å². The Balaban J connectivity index is 1.73. The molecule has 27 heavy (non-hydrogen) atoms. The highest BCUT2D eigenvalue weighted by Gasteiger charge is 2.33. The Morgan fingerprint density at radius 1 is 0.704 bits per heavy atom. The predicted octanol–water partition coefficient (Wildman–Crippen LogP) is 5.84. The van der Waals surface area contributed by atoms with E-state index in [0.29, 0.717) is 11.3 Å². The zero-order valence-corrected chi connectivity index (χ0v) is 15.7. The number of fused-ring (bicyclic) bond motifs is 5. The Labute approximate surface area is 159 Å². The van der Waals surface area contributed by atoms with Crippen molar-refractivity contribution in [3.63, 3.8) is 0 Å². The molecule has 4 aromatic rings. The quantitative estimate of drug-likeness (QED) is 0.414. The van der Waals surface area contributed by atoms with E-state index in [1.165, 1.54) is 27.1 Å². The SMILES string of the molecule is O=S(=O)(c1ccccc1)C1CCCc2c1ccc1c2ccc2ccccc21. The summed E-state index contributed by atoms with van der Waals surface area (Å²) in [6.45, 7) is 0. The maximum Gasteiger partial charge on any atom is 0.185 e. The summed E-state index contributed by atoms with van der Waals surface area (Å²) in [5.41, 5.74) is 2.18. The van der Waals surface area contributed by atoms with Crippen LogP contribution < -0.4 is 0 Å². The molecule has 1 unspecified atom stereocenters. The lowest BCUT2D eigenvalue weighted by molar-refractivity contribution is 0.561. The van der Waals surface area contributed by atoms with Crippen LogP contribution in [0, 0.1) is 0 Å². The molecule has 4 aromatic carbocycles. The highest BCUT2D eigenvalue weighted by molar-refractivity contribution is 7.91. The molecule has 0 aromatic heterocycles. The van der Waals surface area contributed by atoms with Gasteiger partial charge >= 0.3 is 0 Å². The van der Waals surface area contributed by atoms with Crippen molar-refractivity contribution in [2.24, 2.45) is 0 Å². The fourth-order valence-corrected chi connectivity index (χ4v) is 6.36. The number of hydrogen-bond acceptors (Lipinski definition) is 2. The van der Waals surface area contributed by atoms with Crippen molar-refractivity contribution in [2.45, 2.75) is 29.4 Å². The maximum atomic E-state index is 13.3. The van der Waals surface area contributed by atoms with Gasteiger partial charge in [0.25, 0.3) is 0 Å². The zero-order valence-electron chi connectivity index (χ0n) is 14.9. The Morgan fingerprint density at radius 3 is 2.30 bits per heavy atom. The van der Waals surface area contributed by atoms with Gasteiger partial charge in [0.1, 0.15) is 0 Å². The average molecular weight is 372 g/mol. The number of hydrogen-bond donors (Lipinski definition) is 0. The van der Waals surface area contributed by atoms with E-state index in [0.717, 1.165) is 18.4 Å². The van der Waals surface area contributed by atoms with Crippen molar-refractivity contribution in [3.8, 4) is 0 Å². The fraction of sp³-hybridized carbons (Fsp3) is 0.167. The summed E-state index contributed by atoms with van der Waals surface area (Å²) in [6.07, 6.45) is 2.52. The van der Waals surface area contributed by atoms with E-state index in [9.17, 15) is 8.42 Å². The first-order chi connectivity index (χ1) is 13.2. The number of benzene rings is 4. The Morgan fingerprint density at radius 2 is 1.44 bits per heavy atom. The minimum absolute atomic E-state index is 0.418. The van der Waals surface area contributed by atoms with Gasteiger partial charge in [0, 0.05) is 0 Å². The third kappa shape index (κ3) is 2.57. The van der Waals surface area contributed by atoms with Gasteiger partial charge in [0.15, 0.2) is 9.84 Å². The Bertz CT molecular complexity index is 1260. The lowest BCUT2D eigenvalue weighted by Gasteiger charge is -2.27. The molecule has 3 heteroatoms. The molecule has 0 aliphatic heterocycles. The summed E-state index contributed by atoms with van der Waals surface area (Å²) in [5, 5.41) is 4.39. The summed E-state index contributed by atoms with van der Waals surface area (Å²) in [6, 6.07) is 25.7. The lowest BCUT2D eigenvalue weighted by atomic mass is 9.86. The van der Waals surface area contributed by atoms with Crippen molar-refractivity contribution in [1.82, 2.24) is 0 Å². The van der Waals surface area contributed by atoms with Crippen LogP contribution in [0.5, 0.6) is 0 Å². The van der Waals surface area contributed by atoms with Crippen molar-refractivity contribution < 1.29 is 8.42 Å². The van der Waals surface area contributed by atoms with Crippen molar-refractivity contribution >= 4 is 31.4 Å². The van der Waals surface area contributed by atoms with E-state index < -0.39 is 15.1 Å². The molecule has 0 N–H and O–H groups in total. The summed E-state index contributed by atoms with van der Waals surface area (Å²) >= 11 is 0. The third-order valence-corrected chi connectivity index (χ3v) is 7.93. The fourth-order valence-electron chi connectivity index (χ4n) is 4.46. The van der Waals surface area contributed by atoms with Crippen LogP contribution in [0.3, 0.4) is 0 Å². The van der Waals surface area contributed by atoms with E-state index in [4.69, 9.17) is 0 Å². The number of sulfone groups is 1. The average Bonchev–Trinajstić information content (AvgIpc) is 2.73. The minimum atomic E-state index is -3.39. The van der Waals surface area contributed by atoms with Crippen molar-refractivity contribution in [2.75, 3.05) is 0 Å². The molecule has 0 bridgehead atoms. The second kappa shape index (κ2) is 6.21. The minimum Gasteiger partial charge on any atom is -0.223 e. The molecule has 0 heterocycles. The van der Waals surface area contributed by atoms with Crippen molar-refractivity contribution in [3.05, 3.63) is 90.0 Å². The van der Waals surface area contributed by atoms with Crippen molar-refractivity contribution in [1.29, 1.82) is 0 Å². The zero-order chi connectivity index (χ0) is 18.4. The number of aryl methyl sites for hydroxylation is 1. The van der Waals surface area contributed by atoms with Gasteiger partial charge < -0.3 is 0 Å². The van der Waals surface area contributed by atoms with Gasteiger partial charge in [-0.2, -0.15) is 0 Å². The molecule has 5 rings (SSSR count). The van der Waals surface area contributed by atoms with Gasteiger partial charge in [-0.1, -0.05) is 66.7 Å². The first kappa shape index (κ1) is 16.5. The standard InChI is InChI=1S/C24H20O2S/c25-27(26,18-8-2-1-3-9-18)24-12-6-11-20-22-14-13-17-7-4-5-10-19(17)21(22)15-16-23(20)24/h1-5,7-10,13-16,24H,6,11-12H2. The van der Waals surface area contributed by atoms with Crippen LogP contribution in [0.4, 0.5) is 0 Å². The highest BCUT2D eigenvalue weighted by atomic mass is 32.2. The molecule has 0 saturated carbocycles. The van der Waals surface area contributed by atoms with Crippen LogP contribution in [0.1, 0.15) is 29.2 Å². The van der Waals surface area contributed by atoms with Gasteiger partial charge in [0.05, 0.1) is 10.1 Å². The molecule has 1 aliphatic carbocycles. The highest BCUT2D eigenvalue weighted by Crippen LogP contribution is 2.42. The summed E-state index contributed by atoms with van der Waals surface area (Å²) in [7, 11) is -3.39. The van der Waals surface area contributed by atoms with Crippen LogP contribution in [0.25, 0.3) is 21.5 Å². The van der Waals surface area contributed by atoms with E-state index in [1.807, 2.05) is 6.07 Å². The van der Waals surface area contributed by atoms with Gasteiger partial charge in [-0.15, -0.1) is 0 Å². The summed E-state index contributed by atoms with van der Waals surface area (Å²) in [4.78, 5) is 0.418. The molecule has 0 fully saturated rings. The topological polar surface area (TPSA) is 34.1 Å². The normalized spacial score (nSPS) is 17.1. The first-order valence-corrected chi connectivity index (χ1v) is 10.9. The molecule has 1 atom stereocenters. The van der Waals surface area contributed by atoms with E-state index >= 15 is 0 Å². The molecule has 0 amide bonds. The monoisotopic (exact) mass is 372 g/mol. The largest absolute Gasteiger partial charge is 0.223 e. The summed E-state index contributed by atoms with van der Waals surface area (Å²) < 4.78 is 26.6. The molecular formula is C24H20O2S.